The van der Waals surface area contributed by atoms with Gasteiger partial charge in [0.15, 0.2) is 0 Å². The summed E-state index contributed by atoms with van der Waals surface area (Å²) in [5.74, 6) is 0.674. The minimum atomic E-state index is -3.47. The van der Waals surface area contributed by atoms with E-state index in [1.54, 1.807) is 24.5 Å². The second-order valence-electron chi connectivity index (χ2n) is 5.59. The van der Waals surface area contributed by atoms with Gasteiger partial charge in [0.05, 0.1) is 26.0 Å². The zero-order chi connectivity index (χ0) is 17.7. The lowest BCUT2D eigenvalue weighted by Crippen LogP contribution is -2.40. The molecule has 0 saturated carbocycles. The van der Waals surface area contributed by atoms with Crippen LogP contribution >= 0.6 is 11.3 Å². The minimum absolute atomic E-state index is 0.0950. The fourth-order valence-corrected chi connectivity index (χ4v) is 5.33. The monoisotopic (exact) mass is 384 g/mol. The van der Waals surface area contributed by atoms with E-state index in [2.05, 4.69) is 5.32 Å². The largest absolute Gasteiger partial charge is 0.469 e. The Labute approximate surface area is 150 Å². The molecule has 0 radical (unpaired) electrons. The van der Waals surface area contributed by atoms with Crippen molar-refractivity contribution < 1.29 is 22.4 Å². The molecular weight excluding hydrogens is 364 g/mol. The van der Waals surface area contributed by atoms with Gasteiger partial charge in [-0.3, -0.25) is 4.79 Å². The van der Waals surface area contributed by atoms with Gasteiger partial charge in [-0.05, 0) is 24.3 Å². The number of carbonyl (C=O) groups excluding carboxylic acids is 1. The minimum Gasteiger partial charge on any atom is -0.469 e. The molecule has 7 nitrogen and oxygen atoms in total. The van der Waals surface area contributed by atoms with Crippen molar-refractivity contribution in [3.05, 3.63) is 41.2 Å². The number of ether oxygens (including phenoxy) is 1. The predicted octanol–water partition coefficient (Wildman–Crippen LogP) is 1.61. The van der Waals surface area contributed by atoms with E-state index in [1.165, 1.54) is 15.6 Å². The van der Waals surface area contributed by atoms with E-state index in [0.29, 0.717) is 49.9 Å². The summed E-state index contributed by atoms with van der Waals surface area (Å²) in [5.41, 5.74) is 0. The molecule has 1 aliphatic rings. The van der Waals surface area contributed by atoms with Gasteiger partial charge < -0.3 is 14.5 Å². The van der Waals surface area contributed by atoms with Gasteiger partial charge in [0.25, 0.3) is 10.0 Å². The highest BCUT2D eigenvalue weighted by molar-refractivity contribution is 7.91. The van der Waals surface area contributed by atoms with Crippen LogP contribution in [0.2, 0.25) is 0 Å². The SMILES string of the molecule is O=C(CCc1ccco1)NCc1ccc(S(=O)(=O)N2CCOCC2)s1. The number of aryl methyl sites for hydroxylation is 1. The topological polar surface area (TPSA) is 88.8 Å². The fourth-order valence-electron chi connectivity index (χ4n) is 2.47. The maximum Gasteiger partial charge on any atom is 0.252 e. The normalized spacial score (nSPS) is 16.0. The molecule has 9 heteroatoms. The van der Waals surface area contributed by atoms with Crippen molar-refractivity contribution in [2.75, 3.05) is 26.3 Å². The first-order valence-corrected chi connectivity index (χ1v) is 10.3. The Bertz CT molecular complexity index is 792. The molecule has 0 aliphatic carbocycles. The van der Waals surface area contributed by atoms with Gasteiger partial charge in [-0.2, -0.15) is 4.31 Å². The number of rotatable bonds is 7. The third-order valence-corrected chi connectivity index (χ3v) is 7.29. The lowest BCUT2D eigenvalue weighted by atomic mass is 10.2. The van der Waals surface area contributed by atoms with E-state index in [9.17, 15) is 13.2 Å². The smallest absolute Gasteiger partial charge is 0.252 e. The third kappa shape index (κ3) is 4.69. The Kier molecular flexibility index (Phi) is 5.89. The summed E-state index contributed by atoms with van der Waals surface area (Å²) in [6.07, 6.45) is 2.45. The summed E-state index contributed by atoms with van der Waals surface area (Å²) in [6, 6.07) is 6.95. The molecule has 0 spiro atoms. The van der Waals surface area contributed by atoms with E-state index in [-0.39, 0.29) is 5.91 Å². The second-order valence-corrected chi connectivity index (χ2v) is 8.93. The molecule has 136 valence electrons. The average Bonchev–Trinajstić information content (AvgIpc) is 3.31. The molecule has 0 bridgehead atoms. The van der Waals surface area contributed by atoms with Gasteiger partial charge >= 0.3 is 0 Å². The maximum absolute atomic E-state index is 12.6. The Morgan fingerprint density at radius 2 is 2.04 bits per heavy atom. The van der Waals surface area contributed by atoms with Crippen molar-refractivity contribution >= 4 is 27.3 Å². The van der Waals surface area contributed by atoms with Crippen LogP contribution in [0.1, 0.15) is 17.1 Å². The molecule has 1 fully saturated rings. The first kappa shape index (κ1) is 18.1. The van der Waals surface area contributed by atoms with E-state index in [4.69, 9.17) is 9.15 Å². The number of nitrogens with one attached hydrogen (secondary N) is 1. The quantitative estimate of drug-likeness (QED) is 0.783. The molecule has 3 rings (SSSR count). The summed E-state index contributed by atoms with van der Waals surface area (Å²) in [4.78, 5) is 12.7. The molecule has 3 heterocycles. The van der Waals surface area contributed by atoms with Gasteiger partial charge in [-0.15, -0.1) is 11.3 Å². The second kappa shape index (κ2) is 8.13. The lowest BCUT2D eigenvalue weighted by Gasteiger charge is -2.25. The lowest BCUT2D eigenvalue weighted by molar-refractivity contribution is -0.121. The number of carbonyl (C=O) groups is 1. The number of hydrogen-bond acceptors (Lipinski definition) is 6. The number of amides is 1. The van der Waals surface area contributed by atoms with Crippen LogP contribution in [0.5, 0.6) is 0 Å². The Morgan fingerprint density at radius 1 is 1.24 bits per heavy atom. The molecule has 2 aromatic heterocycles. The number of morpholine rings is 1. The zero-order valence-electron chi connectivity index (χ0n) is 13.6. The van der Waals surface area contributed by atoms with Crippen molar-refractivity contribution in [3.8, 4) is 0 Å². The number of hydrogen-bond donors (Lipinski definition) is 1. The van der Waals surface area contributed by atoms with Crippen LogP contribution in [0.25, 0.3) is 0 Å². The standard InChI is InChI=1S/C16H20N2O5S2/c19-15(5-3-13-2-1-9-23-13)17-12-14-4-6-16(24-14)25(20,21)18-7-10-22-11-8-18/h1-2,4,6,9H,3,5,7-8,10-12H2,(H,17,19). The van der Waals surface area contributed by atoms with Crippen LogP contribution in [0.3, 0.4) is 0 Å². The molecule has 1 amide bonds. The summed E-state index contributed by atoms with van der Waals surface area (Å²) in [6.45, 7) is 1.91. The molecule has 25 heavy (non-hydrogen) atoms. The van der Waals surface area contributed by atoms with Crippen molar-refractivity contribution in [2.45, 2.75) is 23.6 Å². The number of furan rings is 1. The molecule has 0 aromatic carbocycles. The van der Waals surface area contributed by atoms with Gasteiger partial charge in [-0.1, -0.05) is 0 Å². The van der Waals surface area contributed by atoms with E-state index >= 15 is 0 Å². The van der Waals surface area contributed by atoms with Crippen molar-refractivity contribution in [2.24, 2.45) is 0 Å². The Balaban J connectivity index is 1.51. The maximum atomic E-state index is 12.6. The van der Waals surface area contributed by atoms with Crippen LogP contribution in [0.15, 0.2) is 39.2 Å². The van der Waals surface area contributed by atoms with Crippen LogP contribution in [-0.4, -0.2) is 44.9 Å². The van der Waals surface area contributed by atoms with E-state index in [0.717, 1.165) is 10.6 Å². The van der Waals surface area contributed by atoms with E-state index in [1.807, 2.05) is 6.07 Å². The third-order valence-electron chi connectivity index (χ3n) is 3.84. The average molecular weight is 384 g/mol. The van der Waals surface area contributed by atoms with Crippen molar-refractivity contribution in [1.82, 2.24) is 9.62 Å². The first-order valence-electron chi connectivity index (χ1n) is 8.01. The summed E-state index contributed by atoms with van der Waals surface area (Å²) in [7, 11) is -3.47. The van der Waals surface area contributed by atoms with Crippen LogP contribution in [0, 0.1) is 0 Å². The number of sulfonamides is 1. The first-order chi connectivity index (χ1) is 12.1. The van der Waals surface area contributed by atoms with Crippen molar-refractivity contribution in [1.29, 1.82) is 0 Å². The fraction of sp³-hybridized carbons (Fsp3) is 0.438. The molecule has 0 unspecified atom stereocenters. The molecular formula is C16H20N2O5S2. The highest BCUT2D eigenvalue weighted by atomic mass is 32.2. The number of nitrogens with zero attached hydrogens (tertiary/aromatic N) is 1. The number of thiophene rings is 1. The van der Waals surface area contributed by atoms with Crippen LogP contribution in [0.4, 0.5) is 0 Å². The Morgan fingerprint density at radius 3 is 2.76 bits per heavy atom. The Hall–Kier alpha value is -1.68. The predicted molar refractivity (Wildman–Crippen MR) is 92.8 cm³/mol. The zero-order valence-corrected chi connectivity index (χ0v) is 15.3. The molecule has 1 saturated heterocycles. The highest BCUT2D eigenvalue weighted by Crippen LogP contribution is 2.25. The van der Waals surface area contributed by atoms with Gasteiger partial charge in [-0.25, -0.2) is 8.42 Å². The van der Waals surface area contributed by atoms with Gasteiger partial charge in [0.2, 0.25) is 5.91 Å². The van der Waals surface area contributed by atoms with E-state index < -0.39 is 10.0 Å². The summed E-state index contributed by atoms with van der Waals surface area (Å²) in [5, 5.41) is 2.81. The van der Waals surface area contributed by atoms with Gasteiger partial charge in [0, 0.05) is 30.8 Å². The molecule has 1 N–H and O–H groups in total. The van der Waals surface area contributed by atoms with Gasteiger partial charge in [0.1, 0.15) is 9.97 Å². The van der Waals surface area contributed by atoms with Crippen molar-refractivity contribution in [3.63, 3.8) is 0 Å². The molecule has 2 aromatic rings. The van der Waals surface area contributed by atoms with Crippen LogP contribution < -0.4 is 5.32 Å². The summed E-state index contributed by atoms with van der Waals surface area (Å²) < 4.78 is 37.2. The van der Waals surface area contributed by atoms with Crippen LogP contribution in [-0.2, 0) is 32.5 Å². The molecule has 1 aliphatic heterocycles. The molecule has 0 atom stereocenters. The highest BCUT2D eigenvalue weighted by Gasteiger charge is 2.27. The summed E-state index contributed by atoms with van der Waals surface area (Å²) >= 11 is 1.19.